The third kappa shape index (κ3) is 6.01. The van der Waals surface area contributed by atoms with Gasteiger partial charge in [0.2, 0.25) is 11.8 Å². The van der Waals surface area contributed by atoms with Crippen molar-refractivity contribution < 1.29 is 14.0 Å². The Hall–Kier alpha value is -3.47. The summed E-state index contributed by atoms with van der Waals surface area (Å²) >= 11 is 0. The first kappa shape index (κ1) is 21.2. The quantitative estimate of drug-likeness (QED) is 0.569. The Balaban J connectivity index is 1.65. The molecule has 0 saturated heterocycles. The maximum atomic E-state index is 13.1. The van der Waals surface area contributed by atoms with Gasteiger partial charge < -0.3 is 11.1 Å². The van der Waals surface area contributed by atoms with Gasteiger partial charge in [-0.25, -0.2) is 4.39 Å². The van der Waals surface area contributed by atoms with Gasteiger partial charge in [0.05, 0.1) is 5.92 Å². The summed E-state index contributed by atoms with van der Waals surface area (Å²) in [5, 5.41) is 2.85. The smallest absolute Gasteiger partial charge is 0.222 e. The number of amides is 2. The third-order valence-corrected chi connectivity index (χ3v) is 5.14. The predicted octanol–water partition coefficient (Wildman–Crippen LogP) is 3.81. The number of nitrogens with one attached hydrogen (secondary N) is 1. The molecule has 0 heterocycles. The van der Waals surface area contributed by atoms with E-state index in [0.717, 1.165) is 16.7 Å². The molecule has 0 aliphatic rings. The van der Waals surface area contributed by atoms with Crippen LogP contribution in [-0.2, 0) is 16.0 Å². The van der Waals surface area contributed by atoms with Gasteiger partial charge in [-0.2, -0.15) is 0 Å². The Kier molecular flexibility index (Phi) is 7.33. The van der Waals surface area contributed by atoms with Crippen LogP contribution in [0, 0.1) is 11.7 Å². The number of rotatable bonds is 9. The van der Waals surface area contributed by atoms with E-state index in [0.29, 0.717) is 6.42 Å². The van der Waals surface area contributed by atoms with Gasteiger partial charge in [0.1, 0.15) is 5.82 Å². The SMILES string of the molecule is NC(=O)C(CNC(=O)CC(c1ccccc1)c1ccccc1)Cc1ccc(F)cc1. The van der Waals surface area contributed by atoms with Crippen molar-refractivity contribution in [3.05, 3.63) is 107 Å². The van der Waals surface area contributed by atoms with Crippen LogP contribution in [0.5, 0.6) is 0 Å². The highest BCUT2D eigenvalue weighted by molar-refractivity contribution is 5.80. The topological polar surface area (TPSA) is 72.2 Å². The summed E-state index contributed by atoms with van der Waals surface area (Å²) < 4.78 is 13.1. The fraction of sp³-hybridized carbons (Fsp3) is 0.200. The van der Waals surface area contributed by atoms with E-state index < -0.39 is 11.8 Å². The fourth-order valence-electron chi connectivity index (χ4n) is 3.47. The summed E-state index contributed by atoms with van der Waals surface area (Å²) in [4.78, 5) is 24.6. The molecule has 0 bridgehead atoms. The maximum Gasteiger partial charge on any atom is 0.222 e. The third-order valence-electron chi connectivity index (χ3n) is 5.14. The van der Waals surface area contributed by atoms with Crippen molar-refractivity contribution in [2.75, 3.05) is 6.54 Å². The van der Waals surface area contributed by atoms with E-state index in [1.54, 1.807) is 12.1 Å². The van der Waals surface area contributed by atoms with Crippen molar-refractivity contribution in [2.45, 2.75) is 18.8 Å². The standard InChI is InChI=1S/C25H25FN2O2/c26-22-13-11-18(12-14-22)15-21(25(27)30)17-28-24(29)16-23(19-7-3-1-4-8-19)20-9-5-2-6-10-20/h1-14,21,23H,15-17H2,(H2,27,30)(H,28,29). The Labute approximate surface area is 175 Å². The van der Waals surface area contributed by atoms with Crippen molar-refractivity contribution in [3.63, 3.8) is 0 Å². The molecule has 1 unspecified atom stereocenters. The molecule has 3 aromatic carbocycles. The monoisotopic (exact) mass is 404 g/mol. The van der Waals surface area contributed by atoms with Gasteiger partial charge in [0.15, 0.2) is 0 Å². The van der Waals surface area contributed by atoms with Crippen LogP contribution in [0.25, 0.3) is 0 Å². The summed E-state index contributed by atoms with van der Waals surface area (Å²) in [6.45, 7) is 0.141. The Morgan fingerprint density at radius 2 is 1.37 bits per heavy atom. The molecule has 0 aliphatic carbocycles. The van der Waals surface area contributed by atoms with Crippen molar-refractivity contribution in [3.8, 4) is 0 Å². The molecule has 0 aromatic heterocycles. The van der Waals surface area contributed by atoms with Crippen LogP contribution in [-0.4, -0.2) is 18.4 Å². The minimum Gasteiger partial charge on any atom is -0.369 e. The molecule has 1 atom stereocenters. The zero-order chi connectivity index (χ0) is 21.3. The second-order valence-electron chi connectivity index (χ2n) is 7.31. The van der Waals surface area contributed by atoms with Crippen molar-refractivity contribution in [1.82, 2.24) is 5.32 Å². The molecule has 3 aromatic rings. The van der Waals surface area contributed by atoms with Crippen LogP contribution in [0.15, 0.2) is 84.9 Å². The molecule has 3 rings (SSSR count). The van der Waals surface area contributed by atoms with Gasteiger partial charge in [-0.05, 0) is 35.2 Å². The molecule has 5 heteroatoms. The van der Waals surface area contributed by atoms with Gasteiger partial charge >= 0.3 is 0 Å². The molecule has 0 saturated carbocycles. The van der Waals surface area contributed by atoms with Crippen LogP contribution < -0.4 is 11.1 Å². The second-order valence-corrected chi connectivity index (χ2v) is 7.31. The zero-order valence-corrected chi connectivity index (χ0v) is 16.6. The number of hydrogen-bond donors (Lipinski definition) is 2. The van der Waals surface area contributed by atoms with Gasteiger partial charge in [-0.15, -0.1) is 0 Å². The van der Waals surface area contributed by atoms with E-state index in [1.807, 2.05) is 60.7 Å². The van der Waals surface area contributed by atoms with Crippen molar-refractivity contribution in [2.24, 2.45) is 11.7 Å². The molecular formula is C25H25FN2O2. The summed E-state index contributed by atoms with van der Waals surface area (Å²) in [6, 6.07) is 25.6. The molecule has 0 aliphatic heterocycles. The first-order chi connectivity index (χ1) is 14.5. The highest BCUT2D eigenvalue weighted by Crippen LogP contribution is 2.27. The zero-order valence-electron chi connectivity index (χ0n) is 16.6. The lowest BCUT2D eigenvalue weighted by molar-refractivity contribution is -0.123. The van der Waals surface area contributed by atoms with Gasteiger partial charge in [0, 0.05) is 18.9 Å². The van der Waals surface area contributed by atoms with E-state index >= 15 is 0 Å². The van der Waals surface area contributed by atoms with Crippen molar-refractivity contribution in [1.29, 1.82) is 0 Å². The van der Waals surface area contributed by atoms with Gasteiger partial charge in [0.25, 0.3) is 0 Å². The van der Waals surface area contributed by atoms with E-state index in [2.05, 4.69) is 5.32 Å². The minimum atomic E-state index is -0.564. The number of primary amides is 1. The van der Waals surface area contributed by atoms with Crippen LogP contribution in [0.2, 0.25) is 0 Å². The second kappa shape index (κ2) is 10.3. The lowest BCUT2D eigenvalue weighted by Crippen LogP contribution is -2.37. The summed E-state index contributed by atoms with van der Waals surface area (Å²) in [6.07, 6.45) is 0.604. The number of nitrogens with two attached hydrogens (primary N) is 1. The first-order valence-corrected chi connectivity index (χ1v) is 9.93. The highest BCUT2D eigenvalue weighted by Gasteiger charge is 2.21. The summed E-state index contributed by atoms with van der Waals surface area (Å²) in [7, 11) is 0. The van der Waals surface area contributed by atoms with Gasteiger partial charge in [-0.1, -0.05) is 72.8 Å². The number of hydrogen-bond acceptors (Lipinski definition) is 2. The lowest BCUT2D eigenvalue weighted by atomic mass is 9.88. The maximum absolute atomic E-state index is 13.1. The molecule has 0 spiro atoms. The summed E-state index contributed by atoms with van der Waals surface area (Å²) in [5.74, 6) is -1.64. The number of carbonyl (C=O) groups excluding carboxylic acids is 2. The molecule has 2 amide bonds. The van der Waals surface area contributed by atoms with Gasteiger partial charge in [-0.3, -0.25) is 9.59 Å². The molecule has 0 radical (unpaired) electrons. The molecule has 0 fully saturated rings. The first-order valence-electron chi connectivity index (χ1n) is 9.93. The van der Waals surface area contributed by atoms with E-state index in [1.165, 1.54) is 12.1 Å². The minimum absolute atomic E-state index is 0.0865. The average molecular weight is 404 g/mol. The Morgan fingerprint density at radius 1 is 0.833 bits per heavy atom. The molecule has 30 heavy (non-hydrogen) atoms. The van der Waals surface area contributed by atoms with Crippen molar-refractivity contribution >= 4 is 11.8 Å². The number of carbonyl (C=O) groups is 2. The van der Waals surface area contributed by atoms with E-state index in [9.17, 15) is 14.0 Å². The molecule has 3 N–H and O–H groups in total. The molecule has 4 nitrogen and oxygen atoms in total. The predicted molar refractivity (Wildman–Crippen MR) is 115 cm³/mol. The highest BCUT2D eigenvalue weighted by atomic mass is 19.1. The van der Waals surface area contributed by atoms with Crippen LogP contribution in [0.4, 0.5) is 4.39 Å². The Morgan fingerprint density at radius 3 is 1.87 bits per heavy atom. The van der Waals surface area contributed by atoms with E-state index in [4.69, 9.17) is 5.73 Å². The van der Waals surface area contributed by atoms with Crippen LogP contribution >= 0.6 is 0 Å². The number of halogens is 1. The molecule has 154 valence electrons. The van der Waals surface area contributed by atoms with Crippen LogP contribution in [0.3, 0.4) is 0 Å². The largest absolute Gasteiger partial charge is 0.369 e. The fourth-order valence-corrected chi connectivity index (χ4v) is 3.47. The lowest BCUT2D eigenvalue weighted by Gasteiger charge is -2.19. The summed E-state index contributed by atoms with van der Waals surface area (Å²) in [5.41, 5.74) is 8.42. The Bertz CT molecular complexity index is 920. The normalized spacial score (nSPS) is 11.8. The number of benzene rings is 3. The molecular weight excluding hydrogens is 379 g/mol. The van der Waals surface area contributed by atoms with E-state index in [-0.39, 0.29) is 30.6 Å². The van der Waals surface area contributed by atoms with Crippen LogP contribution in [0.1, 0.15) is 29.0 Å². The average Bonchev–Trinajstić information content (AvgIpc) is 2.77.